The van der Waals surface area contributed by atoms with Gasteiger partial charge < -0.3 is 0 Å². The standard InChI is InChI=1S/C10H14BIN4/c11-10-15-13-9(14-16-10)7-3-1-5-8(12)6-2-4-7/h7-8H,1-6H2. The molecule has 0 atom stereocenters. The van der Waals surface area contributed by atoms with E-state index in [1.807, 2.05) is 0 Å². The van der Waals surface area contributed by atoms with Crippen LogP contribution in [-0.2, 0) is 0 Å². The van der Waals surface area contributed by atoms with Crippen molar-refractivity contribution in [2.24, 2.45) is 0 Å². The van der Waals surface area contributed by atoms with Crippen molar-refractivity contribution in [3.05, 3.63) is 5.82 Å². The van der Waals surface area contributed by atoms with Crippen molar-refractivity contribution in [2.75, 3.05) is 0 Å². The van der Waals surface area contributed by atoms with Crippen LogP contribution in [0.25, 0.3) is 0 Å². The predicted octanol–water partition coefficient (Wildman–Crippen LogP) is 1.30. The van der Waals surface area contributed by atoms with Crippen molar-refractivity contribution in [2.45, 2.75) is 48.4 Å². The minimum atomic E-state index is 0.155. The van der Waals surface area contributed by atoms with Crippen LogP contribution in [0, 0.1) is 0 Å². The largest absolute Gasteiger partial charge is 0.176 e. The molecule has 84 valence electrons. The van der Waals surface area contributed by atoms with Gasteiger partial charge in [-0.15, -0.1) is 20.4 Å². The Morgan fingerprint density at radius 3 is 2.06 bits per heavy atom. The predicted molar refractivity (Wildman–Crippen MR) is 71.3 cm³/mol. The molecule has 0 spiro atoms. The second-order valence-electron chi connectivity index (χ2n) is 4.27. The first kappa shape index (κ1) is 12.2. The molecule has 1 aliphatic carbocycles. The van der Waals surface area contributed by atoms with Crippen LogP contribution in [0.5, 0.6) is 0 Å². The molecule has 6 heteroatoms. The third kappa shape index (κ3) is 3.36. The van der Waals surface area contributed by atoms with E-state index in [2.05, 4.69) is 43.0 Å². The van der Waals surface area contributed by atoms with E-state index in [9.17, 15) is 0 Å². The van der Waals surface area contributed by atoms with Crippen LogP contribution < -0.4 is 5.72 Å². The highest BCUT2D eigenvalue weighted by atomic mass is 127. The number of nitrogens with zero attached hydrogens (tertiary/aromatic N) is 4. The van der Waals surface area contributed by atoms with Gasteiger partial charge >= 0.3 is 0 Å². The summed E-state index contributed by atoms with van der Waals surface area (Å²) in [7, 11) is 5.38. The SMILES string of the molecule is [B]c1nnc(C2CCCC(I)CCC2)nn1. The fraction of sp³-hybridized carbons (Fsp3) is 0.800. The summed E-state index contributed by atoms with van der Waals surface area (Å²) in [5.74, 6) is 1.19. The second-order valence-corrected chi connectivity index (χ2v) is 6.03. The Kier molecular flexibility index (Phi) is 4.49. The fourth-order valence-electron chi connectivity index (χ4n) is 2.13. The van der Waals surface area contributed by atoms with Crippen molar-refractivity contribution >= 4 is 36.2 Å². The summed E-state index contributed by atoms with van der Waals surface area (Å²) in [5, 5.41) is 15.6. The molecule has 0 saturated heterocycles. The lowest BCUT2D eigenvalue weighted by atomic mass is 9.91. The van der Waals surface area contributed by atoms with E-state index in [-0.39, 0.29) is 5.72 Å². The third-order valence-corrected chi connectivity index (χ3v) is 4.26. The molecule has 1 aromatic heterocycles. The highest BCUT2D eigenvalue weighted by molar-refractivity contribution is 14.1. The molecule has 1 saturated carbocycles. The molecule has 16 heavy (non-hydrogen) atoms. The number of alkyl halides is 1. The van der Waals surface area contributed by atoms with Gasteiger partial charge in [0.25, 0.3) is 0 Å². The molecule has 0 unspecified atom stereocenters. The Labute approximate surface area is 111 Å². The van der Waals surface area contributed by atoms with Gasteiger partial charge in [0.2, 0.25) is 0 Å². The Bertz CT molecular complexity index is 322. The molecule has 1 aliphatic rings. The van der Waals surface area contributed by atoms with Gasteiger partial charge in [0.15, 0.2) is 13.7 Å². The van der Waals surface area contributed by atoms with Crippen LogP contribution in [0.1, 0.15) is 50.3 Å². The van der Waals surface area contributed by atoms with E-state index >= 15 is 0 Å². The van der Waals surface area contributed by atoms with E-state index in [1.165, 1.54) is 25.7 Å². The van der Waals surface area contributed by atoms with Crippen LogP contribution in [0.2, 0.25) is 0 Å². The summed E-state index contributed by atoms with van der Waals surface area (Å²) >= 11 is 2.55. The van der Waals surface area contributed by atoms with Crippen molar-refractivity contribution in [3.8, 4) is 0 Å². The number of hydrogen-bond donors (Lipinski definition) is 0. The maximum absolute atomic E-state index is 5.38. The number of rotatable bonds is 1. The minimum Gasteiger partial charge on any atom is -0.144 e. The van der Waals surface area contributed by atoms with Gasteiger partial charge in [0.05, 0.1) is 0 Å². The van der Waals surface area contributed by atoms with E-state index in [1.54, 1.807) is 0 Å². The number of hydrogen-bond acceptors (Lipinski definition) is 4. The monoisotopic (exact) mass is 328 g/mol. The van der Waals surface area contributed by atoms with Gasteiger partial charge in [-0.25, -0.2) is 0 Å². The van der Waals surface area contributed by atoms with Crippen molar-refractivity contribution in [1.82, 2.24) is 20.4 Å². The topological polar surface area (TPSA) is 51.6 Å². The van der Waals surface area contributed by atoms with Gasteiger partial charge in [-0.05, 0) is 25.7 Å². The van der Waals surface area contributed by atoms with Crippen LogP contribution in [0.15, 0.2) is 0 Å². The molecule has 1 aromatic rings. The Hall–Kier alpha value is -0.265. The Balaban J connectivity index is 2.00. The van der Waals surface area contributed by atoms with Crippen molar-refractivity contribution < 1.29 is 0 Å². The molecule has 0 amide bonds. The highest BCUT2D eigenvalue weighted by Gasteiger charge is 2.19. The first-order chi connectivity index (χ1) is 7.75. The molecule has 0 aliphatic heterocycles. The smallest absolute Gasteiger partial charge is 0.144 e. The van der Waals surface area contributed by atoms with Gasteiger partial charge in [0.1, 0.15) is 5.72 Å². The summed E-state index contributed by atoms with van der Waals surface area (Å²) < 4.78 is 0.835. The molecule has 2 radical (unpaired) electrons. The van der Waals surface area contributed by atoms with Crippen LogP contribution in [0.4, 0.5) is 0 Å². The van der Waals surface area contributed by atoms with Gasteiger partial charge in [-0.1, -0.05) is 35.4 Å². The lowest BCUT2D eigenvalue weighted by molar-refractivity contribution is 0.446. The van der Waals surface area contributed by atoms with Crippen molar-refractivity contribution in [1.29, 1.82) is 0 Å². The quantitative estimate of drug-likeness (QED) is 0.443. The number of halogens is 1. The Morgan fingerprint density at radius 2 is 1.50 bits per heavy atom. The zero-order chi connectivity index (χ0) is 11.4. The maximum atomic E-state index is 5.38. The summed E-state index contributed by atoms with van der Waals surface area (Å²) in [6, 6.07) is 0. The van der Waals surface area contributed by atoms with Crippen LogP contribution in [-0.4, -0.2) is 32.2 Å². The lowest BCUT2D eigenvalue weighted by Crippen LogP contribution is -2.21. The Morgan fingerprint density at radius 1 is 0.938 bits per heavy atom. The minimum absolute atomic E-state index is 0.155. The molecule has 1 fully saturated rings. The molecule has 4 nitrogen and oxygen atoms in total. The average Bonchev–Trinajstić information content (AvgIpc) is 2.25. The summed E-state index contributed by atoms with van der Waals surface area (Å²) in [6.45, 7) is 0. The normalized spacial score (nSPS) is 27.1. The van der Waals surface area contributed by atoms with Crippen LogP contribution in [0.3, 0.4) is 0 Å². The summed E-state index contributed by atoms with van der Waals surface area (Å²) in [4.78, 5) is 0. The first-order valence-electron chi connectivity index (χ1n) is 5.72. The van der Waals surface area contributed by atoms with Crippen molar-refractivity contribution in [3.63, 3.8) is 0 Å². The fourth-order valence-corrected chi connectivity index (χ4v) is 3.01. The molecule has 2 rings (SSSR count). The zero-order valence-electron chi connectivity index (χ0n) is 9.14. The van der Waals surface area contributed by atoms with E-state index in [0.717, 1.165) is 22.6 Å². The van der Waals surface area contributed by atoms with E-state index < -0.39 is 0 Å². The molecule has 1 heterocycles. The van der Waals surface area contributed by atoms with Gasteiger partial charge in [0, 0.05) is 9.84 Å². The summed E-state index contributed by atoms with van der Waals surface area (Å²) in [5.41, 5.74) is 0.155. The third-order valence-electron chi connectivity index (χ3n) is 3.01. The molecular formula is C10H14BIN4. The second kappa shape index (κ2) is 5.88. The molecule has 0 bridgehead atoms. The van der Waals surface area contributed by atoms with Gasteiger partial charge in [-0.2, -0.15) is 0 Å². The maximum Gasteiger partial charge on any atom is 0.176 e. The molecule has 0 aromatic carbocycles. The summed E-state index contributed by atoms with van der Waals surface area (Å²) in [6.07, 6.45) is 7.37. The van der Waals surface area contributed by atoms with Gasteiger partial charge in [-0.3, -0.25) is 0 Å². The number of aromatic nitrogens is 4. The molecule has 0 N–H and O–H groups in total. The van der Waals surface area contributed by atoms with E-state index in [0.29, 0.717) is 5.92 Å². The van der Waals surface area contributed by atoms with E-state index in [4.69, 9.17) is 7.85 Å². The average molecular weight is 328 g/mol. The zero-order valence-corrected chi connectivity index (χ0v) is 11.3. The van der Waals surface area contributed by atoms with Crippen LogP contribution >= 0.6 is 22.6 Å². The molecular weight excluding hydrogens is 314 g/mol. The lowest BCUT2D eigenvalue weighted by Gasteiger charge is -2.19. The highest BCUT2D eigenvalue weighted by Crippen LogP contribution is 2.30. The first-order valence-corrected chi connectivity index (χ1v) is 6.97.